The number of ether oxygens (including phenoxy) is 14. The van der Waals surface area contributed by atoms with E-state index in [9.17, 15) is 172 Å². The topological polar surface area (TPSA) is 866 Å². The Morgan fingerprint density at radius 1 is 0.276 bits per heavy atom. The molecule has 696 valence electrons. The Bertz CT molecular complexity index is 6760. The van der Waals surface area contributed by atoms with Crippen LogP contribution in [0.3, 0.4) is 0 Å². The minimum atomic E-state index is -3.09. The molecule has 52 heteroatoms. The van der Waals surface area contributed by atoms with Crippen LogP contribution in [0.5, 0.6) is 184 Å². The number of carbonyl (C=O) groups is 10. The third-order valence-corrected chi connectivity index (χ3v) is 20.7. The molecule has 5 heterocycles. The van der Waals surface area contributed by atoms with E-state index in [1.54, 1.807) is 0 Å². The molecule has 2 fully saturated rings. The summed E-state index contributed by atoms with van der Waals surface area (Å²) >= 11 is 0. The van der Waals surface area contributed by atoms with Crippen molar-refractivity contribution >= 4 is 59.7 Å². The Hall–Kier alpha value is -19.2. The summed E-state index contributed by atoms with van der Waals surface area (Å²) in [6.07, 6.45) is -28.3. The number of phenols is 28. The molecule has 28 N–H and O–H groups in total. The summed E-state index contributed by atoms with van der Waals surface area (Å²) in [5.41, 5.74) is -17.2. The summed E-state index contributed by atoms with van der Waals surface area (Å²) in [6.45, 7) is -3.02. The number of hydrogen-bond donors (Lipinski definition) is 28. The number of fused-ring (bicyclic) bond motifs is 12. The summed E-state index contributed by atoms with van der Waals surface area (Å²) in [6, 6.07) is 4.72. The van der Waals surface area contributed by atoms with Crippen LogP contribution in [0, 0.1) is 0 Å². The number of phenolic OH excluding ortho intramolecular Hbond substituents is 28. The van der Waals surface area contributed by atoms with E-state index in [-0.39, 0.29) is 24.3 Å². The monoisotopic (exact) mass is 1870 g/mol. The maximum atomic E-state index is 15.6. The highest BCUT2D eigenvalue weighted by molar-refractivity contribution is 6.11. The van der Waals surface area contributed by atoms with Crippen LogP contribution < -0.4 is 9.47 Å². The summed E-state index contributed by atoms with van der Waals surface area (Å²) in [5, 5.41) is 308. The van der Waals surface area contributed by atoms with Crippen LogP contribution in [0.15, 0.2) is 84.9 Å². The zero-order valence-electron chi connectivity index (χ0n) is 65.6. The van der Waals surface area contributed by atoms with Gasteiger partial charge in [0.05, 0.1) is 44.5 Å². The lowest BCUT2D eigenvalue weighted by Gasteiger charge is -2.44. The first kappa shape index (κ1) is 89.6. The highest BCUT2D eigenvalue weighted by Crippen LogP contribution is 2.59. The van der Waals surface area contributed by atoms with Gasteiger partial charge in [0, 0.05) is 34.4 Å². The van der Waals surface area contributed by atoms with Gasteiger partial charge < -0.3 is 209 Å². The zero-order valence-corrected chi connectivity index (χ0v) is 65.6. The molecule has 0 saturated carbocycles. The van der Waals surface area contributed by atoms with Crippen LogP contribution in [0.25, 0.3) is 22.3 Å². The SMILES string of the molecule is O=C(OC1OC2COC(=O)c3cc(O)c(O)c(O)c3-c3c(cc(O)c(O)c3O)C(=O)OC2C(OC(=O)c2cc(O)c(O)c(O)c2)C1OC(=O)c1cc(Oc2cc3c(c(O)c2O)Oc2cc(cc(O)c2O)C(=O)OC2OC4COC(=O)c5cc(O)c(O)c(O)c5-c5c(cc(O)c(O)c5O)C(=O)OC4C(OC(=O)c4cc(O)c(O)c(O)c4)C2OC3=O)c(O)c(O)c1O)c1cc(O)c(O)c(O)c1. The van der Waals surface area contributed by atoms with Crippen LogP contribution in [0.1, 0.15) is 104 Å². The molecule has 2 saturated heterocycles. The van der Waals surface area contributed by atoms with E-state index >= 15 is 19.2 Å². The zero-order chi connectivity index (χ0) is 97.3. The number of hydrogen-bond acceptors (Lipinski definition) is 52. The van der Waals surface area contributed by atoms with Crippen molar-refractivity contribution in [3.05, 3.63) is 141 Å². The second-order valence-electron chi connectivity index (χ2n) is 28.9. The highest BCUT2D eigenvalue weighted by Gasteiger charge is 2.58. The minimum absolute atomic E-state index is 0.0862. The van der Waals surface area contributed by atoms with Crippen molar-refractivity contribution in [2.24, 2.45) is 0 Å². The van der Waals surface area contributed by atoms with E-state index in [2.05, 4.69) is 0 Å². The number of rotatable bonds is 10. The predicted molar refractivity (Wildman–Crippen MR) is 413 cm³/mol. The number of cyclic esters (lactones) is 2. The van der Waals surface area contributed by atoms with Crippen LogP contribution in [-0.2, 0) is 56.8 Å². The van der Waals surface area contributed by atoms with Crippen molar-refractivity contribution in [2.45, 2.75) is 61.4 Å². The van der Waals surface area contributed by atoms with E-state index in [4.69, 9.17) is 66.3 Å². The second kappa shape index (κ2) is 33.2. The molecule has 10 aromatic rings. The van der Waals surface area contributed by atoms with Crippen LogP contribution in [0.4, 0.5) is 0 Å². The molecule has 0 amide bonds. The maximum absolute atomic E-state index is 15.6. The fourth-order valence-corrected chi connectivity index (χ4v) is 14.2. The third kappa shape index (κ3) is 15.4. The van der Waals surface area contributed by atoms with Crippen molar-refractivity contribution in [3.63, 3.8) is 0 Å². The van der Waals surface area contributed by atoms with Crippen molar-refractivity contribution in [3.8, 4) is 206 Å². The molecule has 52 nitrogen and oxygen atoms in total. The summed E-state index contributed by atoms with van der Waals surface area (Å²) in [7, 11) is 0. The Morgan fingerprint density at radius 2 is 0.627 bits per heavy atom. The Balaban J connectivity index is 0.862. The molecule has 2 bridgehead atoms. The van der Waals surface area contributed by atoms with Gasteiger partial charge in [0.15, 0.2) is 157 Å². The van der Waals surface area contributed by atoms with E-state index in [1.165, 1.54) is 0 Å². The summed E-state index contributed by atoms with van der Waals surface area (Å²) in [5.74, 6) is -67.5. The van der Waals surface area contributed by atoms with Crippen LogP contribution >= 0.6 is 0 Å². The average molecular weight is 1870 g/mol. The van der Waals surface area contributed by atoms with Gasteiger partial charge in [0.1, 0.15) is 36.5 Å². The van der Waals surface area contributed by atoms with Gasteiger partial charge in [0.2, 0.25) is 76.5 Å². The lowest BCUT2D eigenvalue weighted by Crippen LogP contribution is -2.63. The molecule has 0 aromatic heterocycles. The number of benzene rings is 10. The minimum Gasteiger partial charge on any atom is -0.504 e. The van der Waals surface area contributed by atoms with Crippen molar-refractivity contribution in [1.29, 1.82) is 0 Å². The summed E-state index contributed by atoms with van der Waals surface area (Å²) < 4.78 is 80.1. The van der Waals surface area contributed by atoms with Gasteiger partial charge in [-0.15, -0.1) is 0 Å². The molecule has 5 aliphatic rings. The predicted octanol–water partition coefficient (Wildman–Crippen LogP) is 4.13. The molecular weight excluding hydrogens is 1820 g/mol. The Kier molecular flexibility index (Phi) is 22.2. The number of carbonyl (C=O) groups excluding carboxylic acids is 10. The van der Waals surface area contributed by atoms with Gasteiger partial charge in [-0.25, -0.2) is 47.9 Å². The number of aromatic hydroxyl groups is 28. The first-order valence-corrected chi connectivity index (χ1v) is 37.1. The van der Waals surface area contributed by atoms with Gasteiger partial charge in [0.25, 0.3) is 0 Å². The maximum Gasteiger partial charge on any atom is 0.342 e. The lowest BCUT2D eigenvalue weighted by atomic mass is 9.92. The fraction of sp³-hybridized carbons (Fsp3) is 0.146. The molecule has 134 heavy (non-hydrogen) atoms. The van der Waals surface area contributed by atoms with Gasteiger partial charge in [-0.05, 0) is 72.8 Å². The molecule has 10 aromatic carbocycles. The molecular formula is C82H56O52. The smallest absolute Gasteiger partial charge is 0.342 e. The van der Waals surface area contributed by atoms with E-state index < -0.39 is 396 Å². The summed E-state index contributed by atoms with van der Waals surface area (Å²) in [4.78, 5) is 148. The fourth-order valence-electron chi connectivity index (χ4n) is 14.2. The molecule has 5 aliphatic heterocycles. The largest absolute Gasteiger partial charge is 0.504 e. The molecule has 15 rings (SSSR count). The normalized spacial score (nSPS) is 19.6. The van der Waals surface area contributed by atoms with E-state index in [0.717, 1.165) is 0 Å². The van der Waals surface area contributed by atoms with E-state index in [0.29, 0.717) is 60.7 Å². The first-order valence-electron chi connectivity index (χ1n) is 37.1. The van der Waals surface area contributed by atoms with Gasteiger partial charge >= 0.3 is 59.7 Å². The first-order chi connectivity index (χ1) is 63.1. The van der Waals surface area contributed by atoms with Crippen LogP contribution in [-0.4, -0.2) is 277 Å². The van der Waals surface area contributed by atoms with Gasteiger partial charge in [-0.1, -0.05) is 0 Å². The molecule has 0 radical (unpaired) electrons. The second-order valence-corrected chi connectivity index (χ2v) is 28.9. The third-order valence-electron chi connectivity index (χ3n) is 20.7. The van der Waals surface area contributed by atoms with Crippen molar-refractivity contribution < 1.29 is 257 Å². The Morgan fingerprint density at radius 3 is 1.07 bits per heavy atom. The van der Waals surface area contributed by atoms with Crippen molar-refractivity contribution in [2.75, 3.05) is 13.2 Å². The van der Waals surface area contributed by atoms with Crippen molar-refractivity contribution in [1.82, 2.24) is 0 Å². The quantitative estimate of drug-likeness (QED) is 0.0520. The van der Waals surface area contributed by atoms with Crippen LogP contribution in [0.2, 0.25) is 0 Å². The highest BCUT2D eigenvalue weighted by atomic mass is 16.8. The van der Waals surface area contributed by atoms with E-state index in [1.807, 2.05) is 0 Å². The Labute approximate surface area is 735 Å². The lowest BCUT2D eigenvalue weighted by molar-refractivity contribution is -0.282. The molecule has 10 unspecified atom stereocenters. The van der Waals surface area contributed by atoms with Gasteiger partial charge in [-0.2, -0.15) is 0 Å². The molecule has 0 spiro atoms. The van der Waals surface area contributed by atoms with Gasteiger partial charge in [-0.3, -0.25) is 0 Å². The molecule has 10 atom stereocenters. The standard InChI is InChI=1S/C82H56O52/c83-27-1-17(2-28(84)48(27)95)71(111)129-67-65-41(15-121-75(115)21-9-34(90)52(99)58(105)43(21)45-23(77(117)127-65)11-36(92)54(101)60(45)107)125-81(133-73(113)19-5-31(87)50(97)32(88)6-19)69(67)131-79(119)25-13-39(56(103)62(109)47(25)94)123-40-14-26-64(63(110)57(40)104)124-38-8-20(7-33(89)51(38)98)74(114)134-82-70(132-80(26)120)68(130-72(112)18-3-29(85)49(96)30(86)4-18)66-42(126-82)16-122-76(116)22-10-35(91)53(100)59(106)44(22)46-24(78(118)128-66)12-37(93)55(102)61(46)108/h1-14,41-42,65-70,81-110H,15-16H2. The average Bonchev–Trinajstić information content (AvgIpc) is 0.957. The molecule has 0 aliphatic carbocycles. The number of esters is 10.